The van der Waals surface area contributed by atoms with E-state index >= 15 is 0 Å². The van der Waals surface area contributed by atoms with Gasteiger partial charge in [0.1, 0.15) is 12.2 Å². The number of carbonyl (C=O) groups excluding carboxylic acids is 2. The standard InChI is InChI=1S/C24H40O5/c1-5-15(3)24(27)29-21-11-14(2)10-17-7-6-16(4)20(23(17)21)9-8-19-12-18(25)13-22(26)28-19/h14-21,23,25H,5-13H2,1-4H3/t14-,15+,16+,17+,18-,19-,20+,21+,23+/m1/s1. The predicted octanol–water partition coefficient (Wildman–Crippen LogP) is 4.50. The second-order valence-electron chi connectivity index (χ2n) is 10.2. The van der Waals surface area contributed by atoms with Crippen molar-refractivity contribution in [3.8, 4) is 0 Å². The van der Waals surface area contributed by atoms with Crippen LogP contribution in [0.5, 0.6) is 0 Å². The van der Waals surface area contributed by atoms with Crippen LogP contribution < -0.4 is 0 Å². The average Bonchev–Trinajstić information content (AvgIpc) is 2.65. The van der Waals surface area contributed by atoms with E-state index in [9.17, 15) is 14.7 Å². The van der Waals surface area contributed by atoms with E-state index in [4.69, 9.17) is 9.47 Å². The maximum atomic E-state index is 12.6. The number of carbonyl (C=O) groups is 2. The highest BCUT2D eigenvalue weighted by Gasteiger charge is 2.47. The van der Waals surface area contributed by atoms with Gasteiger partial charge < -0.3 is 14.6 Å². The van der Waals surface area contributed by atoms with E-state index in [2.05, 4.69) is 13.8 Å². The molecule has 2 aliphatic carbocycles. The molecule has 0 aromatic heterocycles. The van der Waals surface area contributed by atoms with Crippen LogP contribution >= 0.6 is 0 Å². The first-order valence-electron chi connectivity index (χ1n) is 11.9. The number of hydrogen-bond acceptors (Lipinski definition) is 5. The van der Waals surface area contributed by atoms with E-state index < -0.39 is 6.10 Å². The normalized spacial score (nSPS) is 41.2. The van der Waals surface area contributed by atoms with Gasteiger partial charge in [-0.05, 0) is 62.2 Å². The lowest BCUT2D eigenvalue weighted by molar-refractivity contribution is -0.169. The van der Waals surface area contributed by atoms with Crippen LogP contribution in [0.4, 0.5) is 0 Å². The molecule has 0 amide bonds. The van der Waals surface area contributed by atoms with Gasteiger partial charge in [-0.25, -0.2) is 0 Å². The summed E-state index contributed by atoms with van der Waals surface area (Å²) in [5.74, 6) is 2.30. The molecular formula is C24H40O5. The van der Waals surface area contributed by atoms with Gasteiger partial charge in [0.05, 0.1) is 18.4 Å². The fourth-order valence-corrected chi connectivity index (χ4v) is 6.09. The van der Waals surface area contributed by atoms with Gasteiger partial charge in [0, 0.05) is 12.3 Å². The molecule has 1 heterocycles. The largest absolute Gasteiger partial charge is 0.462 e. The van der Waals surface area contributed by atoms with Crippen LogP contribution in [0.3, 0.4) is 0 Å². The first-order chi connectivity index (χ1) is 13.8. The quantitative estimate of drug-likeness (QED) is 0.655. The van der Waals surface area contributed by atoms with Crippen LogP contribution in [0, 0.1) is 35.5 Å². The molecule has 9 atom stereocenters. The van der Waals surface area contributed by atoms with Crippen LogP contribution in [0.15, 0.2) is 0 Å². The lowest BCUT2D eigenvalue weighted by Gasteiger charge is -2.50. The molecule has 0 bridgehead atoms. The topological polar surface area (TPSA) is 72.8 Å². The number of rotatable bonds is 6. The van der Waals surface area contributed by atoms with Crippen molar-refractivity contribution < 1.29 is 24.2 Å². The smallest absolute Gasteiger partial charge is 0.308 e. The summed E-state index contributed by atoms with van der Waals surface area (Å²) < 4.78 is 11.6. The molecule has 2 saturated carbocycles. The summed E-state index contributed by atoms with van der Waals surface area (Å²) in [6.07, 6.45) is 7.13. The Hall–Kier alpha value is -1.10. The zero-order chi connectivity index (χ0) is 21.1. The number of aliphatic hydroxyl groups is 1. The molecule has 0 radical (unpaired) electrons. The fraction of sp³-hybridized carbons (Fsp3) is 0.917. The monoisotopic (exact) mass is 408 g/mol. The fourth-order valence-electron chi connectivity index (χ4n) is 6.09. The van der Waals surface area contributed by atoms with Gasteiger partial charge in [-0.1, -0.05) is 34.1 Å². The zero-order valence-electron chi connectivity index (χ0n) is 18.6. The van der Waals surface area contributed by atoms with Gasteiger partial charge in [0.15, 0.2) is 0 Å². The van der Waals surface area contributed by atoms with Gasteiger partial charge in [-0.15, -0.1) is 0 Å². The Bertz CT molecular complexity index is 576. The summed E-state index contributed by atoms with van der Waals surface area (Å²) in [6.45, 7) is 8.60. The summed E-state index contributed by atoms with van der Waals surface area (Å²) in [5.41, 5.74) is 0. The maximum Gasteiger partial charge on any atom is 0.308 e. The van der Waals surface area contributed by atoms with Crippen molar-refractivity contribution in [3.63, 3.8) is 0 Å². The number of esters is 2. The van der Waals surface area contributed by atoms with Crippen LogP contribution in [-0.4, -0.2) is 35.4 Å². The maximum absolute atomic E-state index is 12.6. The van der Waals surface area contributed by atoms with Crippen molar-refractivity contribution in [2.75, 3.05) is 0 Å². The zero-order valence-corrected chi connectivity index (χ0v) is 18.6. The average molecular weight is 409 g/mol. The Morgan fingerprint density at radius 3 is 2.66 bits per heavy atom. The van der Waals surface area contributed by atoms with E-state index in [1.165, 1.54) is 19.3 Å². The van der Waals surface area contributed by atoms with Gasteiger partial charge in [-0.2, -0.15) is 0 Å². The van der Waals surface area contributed by atoms with Gasteiger partial charge in [-0.3, -0.25) is 9.59 Å². The van der Waals surface area contributed by atoms with E-state index in [0.29, 0.717) is 36.0 Å². The molecule has 3 fully saturated rings. The number of hydrogen-bond donors (Lipinski definition) is 1. The van der Waals surface area contributed by atoms with Crippen LogP contribution in [0.25, 0.3) is 0 Å². The molecule has 5 heteroatoms. The Kier molecular flexibility index (Phi) is 7.63. The van der Waals surface area contributed by atoms with E-state index in [1.54, 1.807) is 0 Å². The van der Waals surface area contributed by atoms with E-state index in [-0.39, 0.29) is 36.5 Å². The number of aliphatic hydroxyl groups excluding tert-OH is 1. The summed E-state index contributed by atoms with van der Waals surface area (Å²) in [5, 5.41) is 9.91. The first-order valence-corrected chi connectivity index (χ1v) is 11.9. The Morgan fingerprint density at radius 2 is 1.97 bits per heavy atom. The molecule has 1 N–H and O–H groups in total. The summed E-state index contributed by atoms with van der Waals surface area (Å²) in [6, 6.07) is 0. The highest BCUT2D eigenvalue weighted by Crippen LogP contribution is 2.50. The van der Waals surface area contributed by atoms with Crippen LogP contribution in [0.2, 0.25) is 0 Å². The molecule has 0 aromatic rings. The van der Waals surface area contributed by atoms with Crippen molar-refractivity contribution >= 4 is 11.9 Å². The molecule has 3 rings (SSSR count). The molecule has 0 spiro atoms. The Morgan fingerprint density at radius 1 is 1.21 bits per heavy atom. The van der Waals surface area contributed by atoms with Crippen molar-refractivity contribution in [2.24, 2.45) is 35.5 Å². The summed E-state index contributed by atoms with van der Waals surface area (Å²) in [4.78, 5) is 24.3. The minimum Gasteiger partial charge on any atom is -0.462 e. The Labute approximate surface area is 175 Å². The minimum atomic E-state index is -0.572. The summed E-state index contributed by atoms with van der Waals surface area (Å²) >= 11 is 0. The highest BCUT2D eigenvalue weighted by atomic mass is 16.5. The van der Waals surface area contributed by atoms with Crippen molar-refractivity contribution in [1.29, 1.82) is 0 Å². The molecule has 0 unspecified atom stereocenters. The molecule has 5 nitrogen and oxygen atoms in total. The Balaban J connectivity index is 1.70. The molecule has 29 heavy (non-hydrogen) atoms. The number of fused-ring (bicyclic) bond motifs is 1. The third kappa shape index (κ3) is 5.53. The van der Waals surface area contributed by atoms with Gasteiger partial charge in [0.2, 0.25) is 0 Å². The molecular weight excluding hydrogens is 368 g/mol. The molecule has 1 aliphatic heterocycles. The third-order valence-corrected chi connectivity index (χ3v) is 7.87. The van der Waals surface area contributed by atoms with Crippen molar-refractivity contribution in [1.82, 2.24) is 0 Å². The van der Waals surface area contributed by atoms with Crippen LogP contribution in [-0.2, 0) is 19.1 Å². The first kappa shape index (κ1) is 22.6. The molecule has 3 aliphatic rings. The second-order valence-corrected chi connectivity index (χ2v) is 10.2. The molecule has 1 saturated heterocycles. The van der Waals surface area contributed by atoms with E-state index in [1.807, 2.05) is 13.8 Å². The summed E-state index contributed by atoms with van der Waals surface area (Å²) in [7, 11) is 0. The minimum absolute atomic E-state index is 0.0116. The molecule has 0 aromatic carbocycles. The highest BCUT2D eigenvalue weighted by molar-refractivity contribution is 5.72. The van der Waals surface area contributed by atoms with Gasteiger partial charge >= 0.3 is 11.9 Å². The predicted molar refractivity (Wildman–Crippen MR) is 111 cm³/mol. The lowest BCUT2D eigenvalue weighted by Crippen LogP contribution is -2.48. The number of ether oxygens (including phenoxy) is 2. The third-order valence-electron chi connectivity index (χ3n) is 7.87. The van der Waals surface area contributed by atoms with Crippen molar-refractivity contribution in [3.05, 3.63) is 0 Å². The SMILES string of the molecule is CC[C@H](C)C(=O)O[C@H]1C[C@H](C)C[C@@H]2CC[C@H](C)[C@H](CC[C@@H]3C[C@@H](O)CC(=O)O3)[C@H]21. The van der Waals surface area contributed by atoms with Crippen LogP contribution in [0.1, 0.15) is 85.5 Å². The number of cyclic esters (lactones) is 1. The van der Waals surface area contributed by atoms with Gasteiger partial charge in [0.25, 0.3) is 0 Å². The second kappa shape index (κ2) is 9.80. The van der Waals surface area contributed by atoms with Crippen molar-refractivity contribution in [2.45, 2.75) is 104 Å². The van der Waals surface area contributed by atoms with E-state index in [0.717, 1.165) is 25.7 Å². The lowest BCUT2D eigenvalue weighted by atomic mass is 9.58. The molecule has 166 valence electrons.